The lowest BCUT2D eigenvalue weighted by molar-refractivity contribution is 0.401. The van der Waals surface area contributed by atoms with Crippen LogP contribution in [0.1, 0.15) is 16.7 Å². The molecule has 0 saturated carbocycles. The van der Waals surface area contributed by atoms with Crippen molar-refractivity contribution in [3.63, 3.8) is 0 Å². The summed E-state index contributed by atoms with van der Waals surface area (Å²) in [6.45, 7) is 2.08. The number of aryl methyl sites for hydroxylation is 2. The third-order valence-corrected chi connectivity index (χ3v) is 5.17. The molecule has 134 valence electrons. The molecule has 4 heteroatoms. The fourth-order valence-corrected chi connectivity index (χ4v) is 4.17. The van der Waals surface area contributed by atoms with Crippen molar-refractivity contribution >= 4 is 10.8 Å². The van der Waals surface area contributed by atoms with Gasteiger partial charge in [0.1, 0.15) is 23.0 Å². The van der Waals surface area contributed by atoms with Crippen molar-refractivity contribution < 1.29 is 19.3 Å². The second-order valence-electron chi connectivity index (χ2n) is 6.62. The van der Waals surface area contributed by atoms with Crippen LogP contribution in [0, 0.1) is 6.92 Å². The topological polar surface area (TPSA) is 47.9 Å². The molecule has 3 aromatic rings. The van der Waals surface area contributed by atoms with Gasteiger partial charge < -0.3 is 19.3 Å². The fourth-order valence-electron chi connectivity index (χ4n) is 4.17. The van der Waals surface area contributed by atoms with Crippen LogP contribution in [0.15, 0.2) is 30.3 Å². The van der Waals surface area contributed by atoms with E-state index in [1.807, 2.05) is 18.2 Å². The summed E-state index contributed by atoms with van der Waals surface area (Å²) >= 11 is 0. The minimum Gasteiger partial charge on any atom is -0.507 e. The van der Waals surface area contributed by atoms with Crippen LogP contribution in [-0.4, -0.2) is 26.4 Å². The molecule has 0 aliphatic heterocycles. The first-order valence-corrected chi connectivity index (χ1v) is 8.67. The van der Waals surface area contributed by atoms with Gasteiger partial charge in [0.2, 0.25) is 0 Å². The van der Waals surface area contributed by atoms with Crippen molar-refractivity contribution in [2.45, 2.75) is 19.8 Å². The Kier molecular flexibility index (Phi) is 3.91. The molecule has 0 bridgehead atoms. The Morgan fingerprint density at radius 2 is 1.65 bits per heavy atom. The number of methoxy groups -OCH3 is 3. The molecule has 0 amide bonds. The summed E-state index contributed by atoms with van der Waals surface area (Å²) in [5.41, 5.74) is 5.52. The normalized spacial score (nSPS) is 12.5. The average molecular weight is 350 g/mol. The third-order valence-electron chi connectivity index (χ3n) is 5.17. The maximum Gasteiger partial charge on any atom is 0.135 e. The van der Waals surface area contributed by atoms with Gasteiger partial charge >= 0.3 is 0 Å². The van der Waals surface area contributed by atoms with Crippen LogP contribution < -0.4 is 14.2 Å². The van der Waals surface area contributed by atoms with Gasteiger partial charge in [-0.15, -0.1) is 0 Å². The number of phenolic OH excluding ortho intramolecular Hbond substituents is 1. The smallest absolute Gasteiger partial charge is 0.135 e. The SMILES string of the molecule is COc1cc(C)cc2c1-c1c(c(OC)c3c(O)cccc3c1OC)CC2. The summed E-state index contributed by atoms with van der Waals surface area (Å²) in [6, 6.07) is 9.71. The molecule has 3 aromatic carbocycles. The lowest BCUT2D eigenvalue weighted by Gasteiger charge is -2.28. The van der Waals surface area contributed by atoms with Gasteiger partial charge in [0.05, 0.1) is 26.7 Å². The van der Waals surface area contributed by atoms with E-state index < -0.39 is 0 Å². The van der Waals surface area contributed by atoms with Gasteiger partial charge in [-0.2, -0.15) is 0 Å². The maximum absolute atomic E-state index is 10.5. The zero-order chi connectivity index (χ0) is 18.4. The van der Waals surface area contributed by atoms with Crippen LogP contribution in [0.3, 0.4) is 0 Å². The Morgan fingerprint density at radius 1 is 0.885 bits per heavy atom. The molecule has 0 fully saturated rings. The van der Waals surface area contributed by atoms with E-state index in [4.69, 9.17) is 14.2 Å². The molecular weight excluding hydrogens is 328 g/mol. The molecule has 4 rings (SSSR count). The molecule has 0 heterocycles. The number of fused-ring (bicyclic) bond motifs is 4. The number of benzene rings is 3. The van der Waals surface area contributed by atoms with Crippen LogP contribution >= 0.6 is 0 Å². The van der Waals surface area contributed by atoms with Gasteiger partial charge in [0.25, 0.3) is 0 Å². The Balaban J connectivity index is 2.21. The van der Waals surface area contributed by atoms with Crippen molar-refractivity contribution in [2.75, 3.05) is 21.3 Å². The van der Waals surface area contributed by atoms with Gasteiger partial charge in [-0.3, -0.25) is 0 Å². The van der Waals surface area contributed by atoms with Gasteiger partial charge in [0.15, 0.2) is 0 Å². The quantitative estimate of drug-likeness (QED) is 0.747. The van der Waals surface area contributed by atoms with E-state index in [1.54, 1.807) is 27.4 Å². The van der Waals surface area contributed by atoms with Crippen LogP contribution in [-0.2, 0) is 12.8 Å². The first-order chi connectivity index (χ1) is 12.6. The van der Waals surface area contributed by atoms with Crippen LogP contribution in [0.25, 0.3) is 21.9 Å². The van der Waals surface area contributed by atoms with E-state index in [0.717, 1.165) is 46.4 Å². The molecule has 0 spiro atoms. The van der Waals surface area contributed by atoms with Crippen molar-refractivity contribution in [3.8, 4) is 34.1 Å². The van der Waals surface area contributed by atoms with Gasteiger partial charge in [-0.05, 0) is 43.0 Å². The number of hydrogen-bond donors (Lipinski definition) is 1. The van der Waals surface area contributed by atoms with E-state index in [1.165, 1.54) is 11.1 Å². The fraction of sp³-hybridized carbons (Fsp3) is 0.273. The van der Waals surface area contributed by atoms with E-state index in [9.17, 15) is 5.11 Å². The van der Waals surface area contributed by atoms with Crippen molar-refractivity contribution in [1.82, 2.24) is 0 Å². The lowest BCUT2D eigenvalue weighted by atomic mass is 9.81. The summed E-state index contributed by atoms with van der Waals surface area (Å²) < 4.78 is 17.3. The van der Waals surface area contributed by atoms with Crippen LogP contribution in [0.2, 0.25) is 0 Å². The second-order valence-corrected chi connectivity index (χ2v) is 6.62. The highest BCUT2D eigenvalue weighted by Gasteiger charge is 2.30. The minimum absolute atomic E-state index is 0.196. The third kappa shape index (κ3) is 2.22. The van der Waals surface area contributed by atoms with Crippen molar-refractivity contribution in [3.05, 3.63) is 47.0 Å². The van der Waals surface area contributed by atoms with Gasteiger partial charge in [-0.1, -0.05) is 18.2 Å². The number of hydrogen-bond acceptors (Lipinski definition) is 4. The number of rotatable bonds is 3. The standard InChI is InChI=1S/C22H22O4/c1-12-10-13-8-9-15-20(18(13)17(11-12)24-2)22(26-4)14-6-5-7-16(23)19(14)21(15)25-3/h5-7,10-11,23H,8-9H2,1-4H3. The first kappa shape index (κ1) is 16.6. The Labute approximate surface area is 152 Å². The molecule has 0 aromatic heterocycles. The molecule has 0 radical (unpaired) electrons. The molecule has 0 unspecified atom stereocenters. The van der Waals surface area contributed by atoms with E-state index in [2.05, 4.69) is 13.0 Å². The zero-order valence-electron chi connectivity index (χ0n) is 15.5. The molecular formula is C22H22O4. The zero-order valence-corrected chi connectivity index (χ0v) is 15.5. The van der Waals surface area contributed by atoms with Crippen LogP contribution in [0.4, 0.5) is 0 Å². The van der Waals surface area contributed by atoms with Crippen molar-refractivity contribution in [2.24, 2.45) is 0 Å². The lowest BCUT2D eigenvalue weighted by Crippen LogP contribution is -2.10. The summed E-state index contributed by atoms with van der Waals surface area (Å²) in [5, 5.41) is 12.0. The largest absolute Gasteiger partial charge is 0.507 e. The van der Waals surface area contributed by atoms with E-state index in [-0.39, 0.29) is 5.75 Å². The van der Waals surface area contributed by atoms with Crippen molar-refractivity contribution in [1.29, 1.82) is 0 Å². The number of phenols is 1. The maximum atomic E-state index is 10.5. The Hall–Kier alpha value is -2.88. The Morgan fingerprint density at radius 3 is 2.35 bits per heavy atom. The predicted molar refractivity (Wildman–Crippen MR) is 103 cm³/mol. The van der Waals surface area contributed by atoms with Crippen LogP contribution in [0.5, 0.6) is 23.0 Å². The molecule has 1 aliphatic carbocycles. The molecule has 26 heavy (non-hydrogen) atoms. The highest BCUT2D eigenvalue weighted by atomic mass is 16.5. The highest BCUT2D eigenvalue weighted by Crippen LogP contribution is 2.53. The number of aromatic hydroxyl groups is 1. The summed E-state index contributed by atoms with van der Waals surface area (Å²) in [5.74, 6) is 2.49. The second kappa shape index (κ2) is 6.13. The molecule has 4 nitrogen and oxygen atoms in total. The Bertz CT molecular complexity index is 1000. The molecule has 1 aliphatic rings. The van der Waals surface area contributed by atoms with Gasteiger partial charge in [0, 0.05) is 22.1 Å². The summed E-state index contributed by atoms with van der Waals surface area (Å²) in [7, 11) is 5.01. The van der Waals surface area contributed by atoms with Gasteiger partial charge in [-0.25, -0.2) is 0 Å². The number of ether oxygens (including phenoxy) is 3. The first-order valence-electron chi connectivity index (χ1n) is 8.67. The monoisotopic (exact) mass is 350 g/mol. The van der Waals surface area contributed by atoms with E-state index in [0.29, 0.717) is 11.1 Å². The van der Waals surface area contributed by atoms with E-state index >= 15 is 0 Å². The highest BCUT2D eigenvalue weighted by molar-refractivity contribution is 6.05. The minimum atomic E-state index is 0.196. The molecule has 1 N–H and O–H groups in total. The molecule has 0 atom stereocenters. The predicted octanol–water partition coefficient (Wildman–Crippen LogP) is 4.65. The summed E-state index contributed by atoms with van der Waals surface area (Å²) in [6.07, 6.45) is 1.71. The average Bonchev–Trinajstić information content (AvgIpc) is 2.65. The molecule has 0 saturated heterocycles. The summed E-state index contributed by atoms with van der Waals surface area (Å²) in [4.78, 5) is 0.